The van der Waals surface area contributed by atoms with Crippen LogP contribution in [0.3, 0.4) is 0 Å². The third kappa shape index (κ3) is 4.05. The molecule has 3 aromatic carbocycles. The van der Waals surface area contributed by atoms with Gasteiger partial charge in [0.1, 0.15) is 5.75 Å². The molecule has 34 heavy (non-hydrogen) atoms. The normalized spacial score (nSPS) is 15.4. The van der Waals surface area contributed by atoms with Crippen LogP contribution < -0.4 is 10.5 Å². The van der Waals surface area contributed by atoms with Crippen molar-refractivity contribution >= 4 is 11.8 Å². The van der Waals surface area contributed by atoms with Crippen molar-refractivity contribution in [1.82, 2.24) is 9.80 Å². The number of amides is 2. The average molecular weight is 456 g/mol. The molecule has 2 aliphatic rings. The Morgan fingerprint density at radius 3 is 2.56 bits per heavy atom. The molecule has 0 aromatic heterocycles. The summed E-state index contributed by atoms with van der Waals surface area (Å²) in [5, 5.41) is 0. The maximum Gasteiger partial charge on any atom is 0.253 e. The number of carbonyl (C=O) groups is 2. The van der Waals surface area contributed by atoms with Gasteiger partial charge in [-0.1, -0.05) is 18.2 Å². The number of hydrogen-bond acceptors (Lipinski definition) is 4. The molecule has 3 aromatic rings. The van der Waals surface area contributed by atoms with Crippen molar-refractivity contribution in [2.24, 2.45) is 5.73 Å². The van der Waals surface area contributed by atoms with Crippen molar-refractivity contribution in [3.8, 4) is 28.0 Å². The third-order valence-electron chi connectivity index (χ3n) is 6.93. The highest BCUT2D eigenvalue weighted by Crippen LogP contribution is 2.42. The first-order chi connectivity index (χ1) is 16.4. The number of hydrogen-bond donors (Lipinski definition) is 1. The number of primary amides is 1. The molecule has 6 nitrogen and oxygen atoms in total. The van der Waals surface area contributed by atoms with Crippen LogP contribution in [0, 0.1) is 0 Å². The van der Waals surface area contributed by atoms with Crippen LogP contribution in [0.4, 0.5) is 0 Å². The zero-order valence-corrected chi connectivity index (χ0v) is 19.6. The van der Waals surface area contributed by atoms with E-state index in [1.807, 2.05) is 53.4 Å². The van der Waals surface area contributed by atoms with Crippen LogP contribution in [0.1, 0.15) is 38.3 Å². The van der Waals surface area contributed by atoms with E-state index in [1.54, 1.807) is 7.11 Å². The molecular formula is C28H29N3O3. The highest BCUT2D eigenvalue weighted by atomic mass is 16.5. The molecule has 2 N–H and O–H groups in total. The van der Waals surface area contributed by atoms with E-state index in [4.69, 9.17) is 10.5 Å². The van der Waals surface area contributed by atoms with E-state index >= 15 is 0 Å². The van der Waals surface area contributed by atoms with E-state index in [0.29, 0.717) is 17.5 Å². The van der Waals surface area contributed by atoms with Gasteiger partial charge in [0.15, 0.2) is 0 Å². The number of likely N-dealkylation sites (N-methyl/N-ethyl adjacent to an activating group) is 1. The van der Waals surface area contributed by atoms with Gasteiger partial charge in [0, 0.05) is 30.8 Å². The topological polar surface area (TPSA) is 75.9 Å². The maximum atomic E-state index is 13.2. The number of carbonyl (C=O) groups excluding carboxylic acids is 2. The Morgan fingerprint density at radius 1 is 0.912 bits per heavy atom. The molecule has 1 saturated heterocycles. The summed E-state index contributed by atoms with van der Waals surface area (Å²) in [7, 11) is 3.73. The summed E-state index contributed by atoms with van der Waals surface area (Å²) in [5.41, 5.74) is 12.9. The van der Waals surface area contributed by atoms with Crippen LogP contribution in [-0.4, -0.2) is 62.0 Å². The van der Waals surface area contributed by atoms with E-state index in [-0.39, 0.29) is 5.91 Å². The van der Waals surface area contributed by atoms with Crippen LogP contribution in [-0.2, 0) is 6.42 Å². The molecular weight excluding hydrogens is 426 g/mol. The summed E-state index contributed by atoms with van der Waals surface area (Å²) >= 11 is 0. The van der Waals surface area contributed by atoms with Gasteiger partial charge in [0.05, 0.1) is 7.11 Å². The van der Waals surface area contributed by atoms with Crippen molar-refractivity contribution in [1.29, 1.82) is 0 Å². The molecule has 0 spiro atoms. The van der Waals surface area contributed by atoms with Crippen molar-refractivity contribution in [3.63, 3.8) is 0 Å². The molecule has 0 saturated carbocycles. The lowest BCUT2D eigenvalue weighted by Gasteiger charge is -2.21. The van der Waals surface area contributed by atoms with E-state index in [2.05, 4.69) is 18.0 Å². The summed E-state index contributed by atoms with van der Waals surface area (Å²) < 4.78 is 5.37. The quantitative estimate of drug-likeness (QED) is 0.508. The standard InChI is InChI=1S/C28H29N3O3/c1-30-9-4-10-31(12-11-30)28(33)19-7-8-23-21(13-19)17-25-24(23)15-20(16-26(25)27(29)32)18-5-3-6-22(14-18)34-2/h3,5-8,13-16H,4,9-12,17H2,1-2H3,(H2,29,32). The second-order valence-corrected chi connectivity index (χ2v) is 9.14. The highest BCUT2D eigenvalue weighted by molar-refractivity contribution is 6.01. The summed E-state index contributed by atoms with van der Waals surface area (Å²) in [5.74, 6) is 0.377. The molecule has 0 radical (unpaired) electrons. The lowest BCUT2D eigenvalue weighted by Crippen LogP contribution is -2.34. The first-order valence-corrected chi connectivity index (χ1v) is 11.7. The zero-order chi connectivity index (χ0) is 23.8. The largest absolute Gasteiger partial charge is 0.497 e. The molecule has 0 atom stereocenters. The van der Waals surface area contributed by atoms with Crippen LogP contribution in [0.25, 0.3) is 22.3 Å². The van der Waals surface area contributed by atoms with E-state index < -0.39 is 5.91 Å². The fourth-order valence-electron chi connectivity index (χ4n) is 5.05. The first kappa shape index (κ1) is 22.2. The van der Waals surface area contributed by atoms with Gasteiger partial charge in [-0.25, -0.2) is 0 Å². The minimum Gasteiger partial charge on any atom is -0.497 e. The molecule has 1 aliphatic carbocycles. The minimum absolute atomic E-state index is 0.0706. The molecule has 1 aliphatic heterocycles. The van der Waals surface area contributed by atoms with Gasteiger partial charge in [0.2, 0.25) is 5.91 Å². The maximum absolute atomic E-state index is 13.2. The number of methoxy groups -OCH3 is 1. The second-order valence-electron chi connectivity index (χ2n) is 9.14. The third-order valence-corrected chi connectivity index (χ3v) is 6.93. The predicted octanol–water partition coefficient (Wildman–Crippen LogP) is 3.81. The van der Waals surface area contributed by atoms with Crippen LogP contribution in [0.15, 0.2) is 54.6 Å². The zero-order valence-electron chi connectivity index (χ0n) is 19.6. The molecule has 0 bridgehead atoms. The SMILES string of the molecule is COc1cccc(-c2cc(C(N)=O)c3c(c2)-c2ccc(C(=O)N4CCCN(C)CC4)cc2C3)c1. The number of ether oxygens (including phenoxy) is 1. The Morgan fingerprint density at radius 2 is 1.76 bits per heavy atom. The predicted molar refractivity (Wildman–Crippen MR) is 133 cm³/mol. The first-order valence-electron chi connectivity index (χ1n) is 11.7. The van der Waals surface area contributed by atoms with Crippen molar-refractivity contribution in [2.45, 2.75) is 12.8 Å². The Labute approximate surface area is 199 Å². The smallest absolute Gasteiger partial charge is 0.253 e. The second kappa shape index (κ2) is 8.95. The Balaban J connectivity index is 1.52. The van der Waals surface area contributed by atoms with Crippen molar-refractivity contribution in [2.75, 3.05) is 40.3 Å². The molecule has 5 rings (SSSR count). The summed E-state index contributed by atoms with van der Waals surface area (Å²) in [6.07, 6.45) is 1.57. The molecule has 1 fully saturated rings. The van der Waals surface area contributed by atoms with Crippen molar-refractivity contribution in [3.05, 3.63) is 76.9 Å². The van der Waals surface area contributed by atoms with Gasteiger partial charge in [-0.2, -0.15) is 0 Å². The Hall–Kier alpha value is -3.64. The van der Waals surface area contributed by atoms with Gasteiger partial charge >= 0.3 is 0 Å². The van der Waals surface area contributed by atoms with Gasteiger partial charge < -0.3 is 20.3 Å². The fraction of sp³-hybridized carbons (Fsp3) is 0.286. The Bertz CT molecular complexity index is 1280. The molecule has 1 heterocycles. The monoisotopic (exact) mass is 455 g/mol. The summed E-state index contributed by atoms with van der Waals surface area (Å²) in [6, 6.07) is 17.6. The number of rotatable bonds is 4. The van der Waals surface area contributed by atoms with Crippen LogP contribution >= 0.6 is 0 Å². The van der Waals surface area contributed by atoms with E-state index in [9.17, 15) is 9.59 Å². The molecule has 2 amide bonds. The summed E-state index contributed by atoms with van der Waals surface area (Å²) in [6.45, 7) is 3.41. The van der Waals surface area contributed by atoms with Gasteiger partial charge in [-0.3, -0.25) is 9.59 Å². The highest BCUT2D eigenvalue weighted by Gasteiger charge is 2.27. The van der Waals surface area contributed by atoms with Gasteiger partial charge in [0.25, 0.3) is 5.91 Å². The number of nitrogens with two attached hydrogens (primary N) is 1. The van der Waals surface area contributed by atoms with Crippen LogP contribution in [0.5, 0.6) is 5.75 Å². The molecule has 174 valence electrons. The number of nitrogens with zero attached hydrogens (tertiary/aromatic N) is 2. The number of benzene rings is 3. The van der Waals surface area contributed by atoms with Gasteiger partial charge in [-0.05, 0) is 96.2 Å². The lowest BCUT2D eigenvalue weighted by molar-refractivity contribution is 0.0762. The fourth-order valence-corrected chi connectivity index (χ4v) is 5.05. The van der Waals surface area contributed by atoms with Crippen molar-refractivity contribution < 1.29 is 14.3 Å². The van der Waals surface area contributed by atoms with E-state index in [0.717, 1.165) is 71.7 Å². The lowest BCUT2D eigenvalue weighted by atomic mass is 9.94. The molecule has 0 unspecified atom stereocenters. The average Bonchev–Trinajstić information content (AvgIpc) is 3.08. The minimum atomic E-state index is -0.446. The Kier molecular flexibility index (Phi) is 5.84. The van der Waals surface area contributed by atoms with Gasteiger partial charge in [-0.15, -0.1) is 0 Å². The molecule has 6 heteroatoms. The van der Waals surface area contributed by atoms with Crippen LogP contribution in [0.2, 0.25) is 0 Å². The van der Waals surface area contributed by atoms with E-state index in [1.165, 1.54) is 0 Å². The number of fused-ring (bicyclic) bond motifs is 3. The summed E-state index contributed by atoms with van der Waals surface area (Å²) in [4.78, 5) is 29.8.